The van der Waals surface area contributed by atoms with Crippen LogP contribution in [0.15, 0.2) is 22.9 Å². The molecule has 0 fully saturated rings. The molecule has 0 saturated carbocycles. The third kappa shape index (κ3) is 3.82. The number of aromatic nitrogens is 2. The molecule has 2 N–H and O–H groups in total. The van der Waals surface area contributed by atoms with Crippen molar-refractivity contribution in [3.05, 3.63) is 40.9 Å². The molecule has 0 aliphatic heterocycles. The van der Waals surface area contributed by atoms with E-state index in [0.717, 1.165) is 30.5 Å². The lowest BCUT2D eigenvalue weighted by Gasteiger charge is -2.06. The topological polar surface area (TPSA) is 106 Å². The van der Waals surface area contributed by atoms with Crippen molar-refractivity contribution in [1.82, 2.24) is 10.1 Å². The van der Waals surface area contributed by atoms with Gasteiger partial charge in [-0.2, -0.15) is 0 Å². The summed E-state index contributed by atoms with van der Waals surface area (Å²) in [6, 6.07) is 2.91. The fourth-order valence-electron chi connectivity index (χ4n) is 1.95. The molecule has 7 nitrogen and oxygen atoms in total. The van der Waals surface area contributed by atoms with Crippen LogP contribution in [0.25, 0.3) is 0 Å². The third-order valence-electron chi connectivity index (χ3n) is 3.21. The lowest BCUT2D eigenvalue weighted by atomic mass is 10.1. The van der Waals surface area contributed by atoms with Gasteiger partial charge in [0.2, 0.25) is 5.88 Å². The Balaban J connectivity index is 2.06. The van der Waals surface area contributed by atoms with Crippen molar-refractivity contribution in [2.45, 2.75) is 39.4 Å². The maximum atomic E-state index is 10.8. The molecule has 0 aliphatic rings. The highest BCUT2D eigenvalue weighted by atomic mass is 16.5. The van der Waals surface area contributed by atoms with Crippen LogP contribution < -0.4 is 4.74 Å². The third-order valence-corrected chi connectivity index (χ3v) is 3.21. The van der Waals surface area contributed by atoms with Crippen molar-refractivity contribution < 1.29 is 24.3 Å². The second-order valence-electron chi connectivity index (χ2n) is 4.77. The van der Waals surface area contributed by atoms with E-state index in [-0.39, 0.29) is 18.8 Å². The van der Waals surface area contributed by atoms with Crippen molar-refractivity contribution in [2.75, 3.05) is 0 Å². The minimum atomic E-state index is -1.04. The Bertz CT molecular complexity index is 621. The highest BCUT2D eigenvalue weighted by molar-refractivity contribution is 5.87. The van der Waals surface area contributed by atoms with E-state index in [0.29, 0.717) is 11.6 Å². The molecular weight excluding hydrogens is 288 g/mol. The summed E-state index contributed by atoms with van der Waals surface area (Å²) in [5.41, 5.74) is 1.59. The summed E-state index contributed by atoms with van der Waals surface area (Å²) in [6.45, 7) is 2.00. The van der Waals surface area contributed by atoms with Gasteiger partial charge in [0.15, 0.2) is 5.76 Å². The SMILES string of the molecule is CCCCc1noc(CO)c1COc1ccc(C(=O)O)cn1. The van der Waals surface area contributed by atoms with Gasteiger partial charge in [-0.05, 0) is 18.9 Å². The molecule has 0 atom stereocenters. The predicted molar refractivity (Wildman–Crippen MR) is 76.6 cm³/mol. The number of unbranched alkanes of at least 4 members (excludes halogenated alkanes) is 1. The van der Waals surface area contributed by atoms with E-state index in [1.807, 2.05) is 0 Å². The summed E-state index contributed by atoms with van der Waals surface area (Å²) in [5.74, 6) is -0.354. The number of nitrogens with zero attached hydrogens (tertiary/aromatic N) is 2. The number of hydrogen-bond donors (Lipinski definition) is 2. The highest BCUT2D eigenvalue weighted by Crippen LogP contribution is 2.19. The zero-order chi connectivity index (χ0) is 15.9. The van der Waals surface area contributed by atoms with Crippen LogP contribution in [-0.2, 0) is 19.6 Å². The molecule has 2 aromatic heterocycles. The number of aliphatic hydroxyl groups excluding tert-OH is 1. The average molecular weight is 306 g/mol. The van der Waals surface area contributed by atoms with Gasteiger partial charge in [-0.3, -0.25) is 0 Å². The Kier molecular flexibility index (Phi) is 5.48. The van der Waals surface area contributed by atoms with E-state index in [9.17, 15) is 9.90 Å². The first-order valence-electron chi connectivity index (χ1n) is 7.05. The van der Waals surface area contributed by atoms with Crippen LogP contribution in [0.4, 0.5) is 0 Å². The Morgan fingerprint density at radius 1 is 1.41 bits per heavy atom. The summed E-state index contributed by atoms with van der Waals surface area (Å²) >= 11 is 0. The molecule has 22 heavy (non-hydrogen) atoms. The van der Waals surface area contributed by atoms with E-state index in [1.165, 1.54) is 18.3 Å². The van der Waals surface area contributed by atoms with E-state index in [1.54, 1.807) is 0 Å². The second-order valence-corrected chi connectivity index (χ2v) is 4.77. The number of carboxylic acids is 1. The van der Waals surface area contributed by atoms with Crippen LogP contribution in [0.5, 0.6) is 5.88 Å². The molecule has 0 unspecified atom stereocenters. The number of pyridine rings is 1. The Morgan fingerprint density at radius 3 is 2.82 bits per heavy atom. The summed E-state index contributed by atoms with van der Waals surface area (Å²) in [6.07, 6.45) is 3.98. The molecule has 0 amide bonds. The number of aliphatic hydroxyl groups is 1. The first-order valence-corrected chi connectivity index (χ1v) is 7.05. The van der Waals surface area contributed by atoms with Gasteiger partial charge < -0.3 is 19.5 Å². The largest absolute Gasteiger partial charge is 0.478 e. The monoisotopic (exact) mass is 306 g/mol. The minimum absolute atomic E-state index is 0.0945. The van der Waals surface area contributed by atoms with Crippen molar-refractivity contribution >= 4 is 5.97 Å². The number of hydrogen-bond acceptors (Lipinski definition) is 6. The molecular formula is C15H18N2O5. The molecule has 0 spiro atoms. The van der Waals surface area contributed by atoms with Crippen LogP contribution in [0.2, 0.25) is 0 Å². The number of aromatic carboxylic acids is 1. The molecule has 2 aromatic rings. The van der Waals surface area contributed by atoms with Crippen LogP contribution in [0, 0.1) is 0 Å². The maximum absolute atomic E-state index is 10.8. The molecule has 2 rings (SSSR count). The molecule has 0 aliphatic carbocycles. The fourth-order valence-corrected chi connectivity index (χ4v) is 1.95. The van der Waals surface area contributed by atoms with Gasteiger partial charge in [0.05, 0.1) is 16.8 Å². The van der Waals surface area contributed by atoms with Crippen LogP contribution in [0.3, 0.4) is 0 Å². The zero-order valence-corrected chi connectivity index (χ0v) is 12.3. The van der Waals surface area contributed by atoms with Gasteiger partial charge in [-0.25, -0.2) is 9.78 Å². The summed E-state index contributed by atoms with van der Waals surface area (Å²) in [4.78, 5) is 14.7. The maximum Gasteiger partial charge on any atom is 0.337 e. The van der Waals surface area contributed by atoms with Crippen LogP contribution >= 0.6 is 0 Å². The molecule has 118 valence electrons. The number of carbonyl (C=O) groups is 1. The fraction of sp³-hybridized carbons (Fsp3) is 0.400. The number of ether oxygens (including phenoxy) is 1. The number of carboxylic acid groups (broad SMARTS) is 1. The summed E-state index contributed by atoms with van der Waals surface area (Å²) in [5, 5.41) is 22.1. The lowest BCUT2D eigenvalue weighted by Crippen LogP contribution is -2.04. The summed E-state index contributed by atoms with van der Waals surface area (Å²) < 4.78 is 10.6. The smallest absolute Gasteiger partial charge is 0.337 e. The van der Waals surface area contributed by atoms with Gasteiger partial charge in [0, 0.05) is 12.3 Å². The van der Waals surface area contributed by atoms with E-state index in [4.69, 9.17) is 14.4 Å². The van der Waals surface area contributed by atoms with Crippen LogP contribution in [-0.4, -0.2) is 26.3 Å². The molecule has 7 heteroatoms. The van der Waals surface area contributed by atoms with Crippen molar-refractivity contribution in [3.63, 3.8) is 0 Å². The lowest BCUT2D eigenvalue weighted by molar-refractivity contribution is 0.0696. The molecule has 2 heterocycles. The second kappa shape index (κ2) is 7.56. The Hall–Kier alpha value is -2.41. The quantitative estimate of drug-likeness (QED) is 0.770. The van der Waals surface area contributed by atoms with Gasteiger partial charge in [-0.15, -0.1) is 0 Å². The predicted octanol–water partition coefficient (Wildman–Crippen LogP) is 2.18. The van der Waals surface area contributed by atoms with Crippen LogP contribution in [0.1, 0.15) is 47.1 Å². The number of aryl methyl sites for hydroxylation is 1. The van der Waals surface area contributed by atoms with Gasteiger partial charge >= 0.3 is 5.97 Å². The van der Waals surface area contributed by atoms with E-state index < -0.39 is 5.97 Å². The van der Waals surface area contributed by atoms with Gasteiger partial charge in [-0.1, -0.05) is 18.5 Å². The first-order chi connectivity index (χ1) is 10.7. The summed E-state index contributed by atoms with van der Waals surface area (Å²) in [7, 11) is 0. The molecule has 0 radical (unpaired) electrons. The number of rotatable bonds is 8. The van der Waals surface area contributed by atoms with Crippen molar-refractivity contribution in [2.24, 2.45) is 0 Å². The highest BCUT2D eigenvalue weighted by Gasteiger charge is 2.16. The Labute approximate surface area is 127 Å². The normalized spacial score (nSPS) is 10.6. The van der Waals surface area contributed by atoms with E-state index in [2.05, 4.69) is 17.1 Å². The van der Waals surface area contributed by atoms with Gasteiger partial charge in [0.25, 0.3) is 0 Å². The average Bonchev–Trinajstić information content (AvgIpc) is 2.93. The minimum Gasteiger partial charge on any atom is -0.478 e. The Morgan fingerprint density at radius 2 is 2.23 bits per heavy atom. The van der Waals surface area contributed by atoms with Crippen molar-refractivity contribution in [3.8, 4) is 5.88 Å². The standard InChI is InChI=1S/C15H18N2O5/c1-2-3-4-12-11(13(8-18)22-17-12)9-21-14-6-5-10(7-16-14)15(19)20/h5-7,18H,2-4,8-9H2,1H3,(H,19,20). The zero-order valence-electron chi connectivity index (χ0n) is 12.3. The van der Waals surface area contributed by atoms with Gasteiger partial charge in [0.1, 0.15) is 13.2 Å². The van der Waals surface area contributed by atoms with E-state index >= 15 is 0 Å². The van der Waals surface area contributed by atoms with Crippen molar-refractivity contribution in [1.29, 1.82) is 0 Å². The molecule has 0 aromatic carbocycles. The first kappa shape index (κ1) is 16.0. The molecule has 0 saturated heterocycles. The molecule has 0 bridgehead atoms.